The number of nitrogens with zero attached hydrogens (tertiary/aromatic N) is 2. The molecule has 2 amide bonds. The van der Waals surface area contributed by atoms with E-state index in [9.17, 15) is 9.59 Å². The van der Waals surface area contributed by atoms with Gasteiger partial charge in [0, 0.05) is 41.8 Å². The summed E-state index contributed by atoms with van der Waals surface area (Å²) >= 11 is 1.55. The molecule has 0 radical (unpaired) electrons. The standard InChI is InChI=1S/C20H26N4O2S/c1-12(2)23-19(26)20(8-14-10-27-11-22-14)9-15-4-5-17(20)24(15)18(25)16-6-7-21-13(16)3/h6-7,10-12,15,17,21H,4-5,8-9H2,1-3H3,(H,23,26)/t15-,17+,20+/m1/s1. The molecule has 4 heterocycles. The third-order valence-corrected chi connectivity index (χ3v) is 6.65. The summed E-state index contributed by atoms with van der Waals surface area (Å²) in [6.45, 7) is 5.88. The number of nitrogens with one attached hydrogen (secondary N) is 2. The Morgan fingerprint density at radius 2 is 2.26 bits per heavy atom. The Kier molecular flexibility index (Phi) is 4.58. The number of aromatic amines is 1. The number of aromatic nitrogens is 2. The van der Waals surface area contributed by atoms with Gasteiger partial charge in [-0.05, 0) is 46.1 Å². The molecule has 0 aromatic carbocycles. The topological polar surface area (TPSA) is 78.1 Å². The van der Waals surface area contributed by atoms with Crippen molar-refractivity contribution in [1.82, 2.24) is 20.2 Å². The van der Waals surface area contributed by atoms with Crippen LogP contribution < -0.4 is 5.32 Å². The van der Waals surface area contributed by atoms with Gasteiger partial charge in [-0.2, -0.15) is 0 Å². The van der Waals surface area contributed by atoms with Crippen LogP contribution in [0.4, 0.5) is 0 Å². The van der Waals surface area contributed by atoms with Crippen molar-refractivity contribution in [3.63, 3.8) is 0 Å². The average Bonchev–Trinajstić information content (AvgIpc) is 3.37. The maximum absolute atomic E-state index is 13.3. The molecular weight excluding hydrogens is 360 g/mol. The minimum absolute atomic E-state index is 0.0405. The molecule has 3 atom stereocenters. The van der Waals surface area contributed by atoms with Gasteiger partial charge in [-0.3, -0.25) is 9.59 Å². The molecule has 144 valence electrons. The van der Waals surface area contributed by atoms with E-state index in [0.29, 0.717) is 18.4 Å². The van der Waals surface area contributed by atoms with Crippen LogP contribution in [0.5, 0.6) is 0 Å². The summed E-state index contributed by atoms with van der Waals surface area (Å²) in [4.78, 5) is 36.1. The summed E-state index contributed by atoms with van der Waals surface area (Å²) in [5, 5.41) is 5.13. The van der Waals surface area contributed by atoms with Gasteiger partial charge >= 0.3 is 0 Å². The molecule has 0 saturated carbocycles. The van der Waals surface area contributed by atoms with E-state index >= 15 is 0 Å². The van der Waals surface area contributed by atoms with Crippen molar-refractivity contribution >= 4 is 23.2 Å². The van der Waals surface area contributed by atoms with Gasteiger partial charge in [0.25, 0.3) is 5.91 Å². The van der Waals surface area contributed by atoms with Crippen LogP contribution in [0, 0.1) is 12.3 Å². The van der Waals surface area contributed by atoms with E-state index in [-0.39, 0.29) is 29.9 Å². The van der Waals surface area contributed by atoms with Crippen molar-refractivity contribution in [3.8, 4) is 0 Å². The quantitative estimate of drug-likeness (QED) is 0.829. The van der Waals surface area contributed by atoms with E-state index in [1.165, 1.54) is 0 Å². The molecule has 7 heteroatoms. The third-order valence-electron chi connectivity index (χ3n) is 6.01. The van der Waals surface area contributed by atoms with Crippen LogP contribution in [-0.4, -0.2) is 44.8 Å². The number of H-pyrrole nitrogens is 1. The summed E-state index contributed by atoms with van der Waals surface area (Å²) in [6, 6.07) is 1.95. The van der Waals surface area contributed by atoms with Crippen molar-refractivity contribution in [3.05, 3.63) is 40.1 Å². The van der Waals surface area contributed by atoms with Crippen LogP contribution in [0.3, 0.4) is 0 Å². The van der Waals surface area contributed by atoms with Crippen LogP contribution in [0.1, 0.15) is 54.9 Å². The molecule has 0 spiro atoms. The zero-order valence-corrected chi connectivity index (χ0v) is 16.8. The Morgan fingerprint density at radius 1 is 1.44 bits per heavy atom. The van der Waals surface area contributed by atoms with E-state index in [2.05, 4.69) is 15.3 Å². The number of thiazole rings is 1. The summed E-state index contributed by atoms with van der Waals surface area (Å²) in [7, 11) is 0. The van der Waals surface area contributed by atoms with Gasteiger partial charge in [-0.15, -0.1) is 11.3 Å². The molecule has 6 nitrogen and oxygen atoms in total. The zero-order valence-electron chi connectivity index (χ0n) is 16.0. The molecule has 0 unspecified atom stereocenters. The van der Waals surface area contributed by atoms with Gasteiger partial charge in [0.15, 0.2) is 0 Å². The number of carbonyl (C=O) groups excluding carboxylic acids is 2. The first kappa shape index (κ1) is 18.2. The Bertz CT molecular complexity index is 844. The van der Waals surface area contributed by atoms with Crippen molar-refractivity contribution in [1.29, 1.82) is 0 Å². The lowest BCUT2D eigenvalue weighted by molar-refractivity contribution is -0.133. The molecule has 2 aromatic rings. The monoisotopic (exact) mass is 386 g/mol. The fourth-order valence-electron chi connectivity index (χ4n) is 4.88. The van der Waals surface area contributed by atoms with Crippen molar-refractivity contribution < 1.29 is 9.59 Å². The van der Waals surface area contributed by atoms with Crippen molar-refractivity contribution in [2.45, 2.75) is 64.6 Å². The van der Waals surface area contributed by atoms with Gasteiger partial charge in [0.1, 0.15) is 0 Å². The first-order valence-corrected chi connectivity index (χ1v) is 10.5. The highest BCUT2D eigenvalue weighted by molar-refractivity contribution is 7.07. The van der Waals surface area contributed by atoms with Gasteiger partial charge in [0.2, 0.25) is 5.91 Å². The predicted molar refractivity (Wildman–Crippen MR) is 105 cm³/mol. The molecule has 2 aliphatic heterocycles. The molecule has 0 aliphatic carbocycles. The number of hydrogen-bond donors (Lipinski definition) is 2. The first-order valence-electron chi connectivity index (χ1n) is 9.57. The highest BCUT2D eigenvalue weighted by atomic mass is 32.1. The number of carbonyl (C=O) groups is 2. The van der Waals surface area contributed by atoms with E-state index in [0.717, 1.165) is 24.2 Å². The SMILES string of the molecule is Cc1[nH]ccc1C(=O)N1[C@@H]2CC[C@H]1[C@@](Cc1cscn1)(C(=O)NC(C)C)C2. The summed E-state index contributed by atoms with van der Waals surface area (Å²) < 4.78 is 0. The number of amides is 2. The van der Waals surface area contributed by atoms with Crippen LogP contribution in [-0.2, 0) is 11.2 Å². The van der Waals surface area contributed by atoms with Crippen molar-refractivity contribution in [2.75, 3.05) is 0 Å². The van der Waals surface area contributed by atoms with E-state index < -0.39 is 5.41 Å². The highest BCUT2D eigenvalue weighted by Crippen LogP contribution is 2.52. The molecule has 2 fully saturated rings. The number of aryl methyl sites for hydroxylation is 1. The molecular formula is C20H26N4O2S. The minimum atomic E-state index is -0.596. The molecule has 4 rings (SSSR count). The van der Waals surface area contributed by atoms with Crippen LogP contribution in [0.2, 0.25) is 0 Å². The number of hydrogen-bond acceptors (Lipinski definition) is 4. The highest BCUT2D eigenvalue weighted by Gasteiger charge is 2.61. The molecule has 2 bridgehead atoms. The van der Waals surface area contributed by atoms with Gasteiger partial charge in [0.05, 0.1) is 22.2 Å². The largest absolute Gasteiger partial charge is 0.365 e. The lowest BCUT2D eigenvalue weighted by atomic mass is 9.70. The maximum atomic E-state index is 13.3. The van der Waals surface area contributed by atoms with Crippen LogP contribution in [0.25, 0.3) is 0 Å². The fourth-order valence-corrected chi connectivity index (χ4v) is 5.44. The van der Waals surface area contributed by atoms with Gasteiger partial charge < -0.3 is 15.2 Å². The smallest absolute Gasteiger partial charge is 0.256 e. The molecule has 2 aliphatic rings. The Labute approximate surface area is 163 Å². The third kappa shape index (κ3) is 2.98. The summed E-state index contributed by atoms with van der Waals surface area (Å²) in [5.74, 6) is 0.0973. The second kappa shape index (κ2) is 6.78. The molecule has 27 heavy (non-hydrogen) atoms. The van der Waals surface area contributed by atoms with E-state index in [1.807, 2.05) is 42.6 Å². The Balaban J connectivity index is 1.69. The molecule has 2 N–H and O–H groups in total. The minimum Gasteiger partial charge on any atom is -0.365 e. The number of rotatable bonds is 5. The van der Waals surface area contributed by atoms with Crippen LogP contribution in [0.15, 0.2) is 23.2 Å². The van der Waals surface area contributed by atoms with Crippen LogP contribution >= 0.6 is 11.3 Å². The fraction of sp³-hybridized carbons (Fsp3) is 0.550. The second-order valence-corrected chi connectivity index (χ2v) is 8.84. The van der Waals surface area contributed by atoms with Crippen molar-refractivity contribution in [2.24, 2.45) is 5.41 Å². The van der Waals surface area contributed by atoms with Gasteiger partial charge in [-0.1, -0.05) is 0 Å². The average molecular weight is 387 g/mol. The maximum Gasteiger partial charge on any atom is 0.256 e. The molecule has 2 saturated heterocycles. The second-order valence-electron chi connectivity index (χ2n) is 8.12. The normalized spacial score (nSPS) is 26.7. The lowest BCUT2D eigenvalue weighted by Crippen LogP contribution is -2.52. The van der Waals surface area contributed by atoms with E-state index in [4.69, 9.17) is 0 Å². The lowest BCUT2D eigenvalue weighted by Gasteiger charge is -2.36. The Hall–Kier alpha value is -2.15. The number of fused-ring (bicyclic) bond motifs is 2. The summed E-state index contributed by atoms with van der Waals surface area (Å²) in [5.41, 5.74) is 3.74. The first-order chi connectivity index (χ1) is 12.9. The Morgan fingerprint density at radius 3 is 2.89 bits per heavy atom. The van der Waals surface area contributed by atoms with E-state index in [1.54, 1.807) is 17.5 Å². The predicted octanol–water partition coefficient (Wildman–Crippen LogP) is 2.91. The summed E-state index contributed by atoms with van der Waals surface area (Å²) in [6.07, 6.45) is 4.94. The molecule has 2 aromatic heterocycles. The van der Waals surface area contributed by atoms with Gasteiger partial charge in [-0.25, -0.2) is 4.98 Å². The zero-order chi connectivity index (χ0) is 19.2.